The van der Waals surface area contributed by atoms with E-state index < -0.39 is 0 Å². The van der Waals surface area contributed by atoms with Gasteiger partial charge in [0.1, 0.15) is 17.4 Å². The van der Waals surface area contributed by atoms with Gasteiger partial charge in [0.15, 0.2) is 11.5 Å². The lowest BCUT2D eigenvalue weighted by Gasteiger charge is -2.27. The van der Waals surface area contributed by atoms with Gasteiger partial charge in [-0.15, -0.1) is 11.3 Å². The maximum absolute atomic E-state index is 14.1. The molecule has 0 atom stereocenters. The standard InChI is InChI=1S/C32H30BrFN2O4S/c1-3-39-32(37)29-24-13-14-36(18-21-9-5-4-6-10-21)19-28(24)41-31(29)35-17-22-15-25(33)30(27(16-22)38-2)40-20-23-11-7-8-12-26(23)34/h4-12,15-17H,3,13-14,18-20H2,1-2H3. The molecule has 5 rings (SSSR count). The van der Waals surface area contributed by atoms with Crippen LogP contribution in [0.5, 0.6) is 11.5 Å². The summed E-state index contributed by atoms with van der Waals surface area (Å²) >= 11 is 5.09. The number of ether oxygens (including phenoxy) is 3. The van der Waals surface area contributed by atoms with Crippen LogP contribution in [0, 0.1) is 5.82 Å². The monoisotopic (exact) mass is 636 g/mol. The third-order valence-corrected chi connectivity index (χ3v) is 8.47. The Morgan fingerprint density at radius 1 is 1.15 bits per heavy atom. The van der Waals surface area contributed by atoms with Crippen LogP contribution in [0.2, 0.25) is 0 Å². The van der Waals surface area contributed by atoms with Gasteiger partial charge in [0.2, 0.25) is 0 Å². The number of thiophene rings is 1. The molecule has 41 heavy (non-hydrogen) atoms. The van der Waals surface area contributed by atoms with Crippen LogP contribution in [0.1, 0.15) is 44.4 Å². The Morgan fingerprint density at radius 3 is 2.68 bits per heavy atom. The number of fused-ring (bicyclic) bond motifs is 1. The Morgan fingerprint density at radius 2 is 1.93 bits per heavy atom. The summed E-state index contributed by atoms with van der Waals surface area (Å²) in [6.07, 6.45) is 2.46. The SMILES string of the molecule is CCOC(=O)c1c(N=Cc2cc(Br)c(OCc3ccccc3F)c(OC)c2)sc2c1CCN(Cc1ccccc1)C2. The molecule has 0 aliphatic carbocycles. The van der Waals surface area contributed by atoms with Crippen molar-refractivity contribution in [3.63, 3.8) is 0 Å². The van der Waals surface area contributed by atoms with Gasteiger partial charge in [0, 0.05) is 36.3 Å². The van der Waals surface area contributed by atoms with E-state index in [9.17, 15) is 9.18 Å². The number of nitrogens with zero attached hydrogens (tertiary/aromatic N) is 2. The summed E-state index contributed by atoms with van der Waals surface area (Å²) in [4.78, 5) is 21.3. The van der Waals surface area contributed by atoms with Gasteiger partial charge in [-0.1, -0.05) is 48.5 Å². The van der Waals surface area contributed by atoms with Crippen LogP contribution in [0.4, 0.5) is 9.39 Å². The first-order chi connectivity index (χ1) is 20.0. The Balaban J connectivity index is 1.39. The van der Waals surface area contributed by atoms with Crippen molar-refractivity contribution in [3.05, 3.63) is 110 Å². The summed E-state index contributed by atoms with van der Waals surface area (Å²) in [7, 11) is 1.55. The van der Waals surface area contributed by atoms with Gasteiger partial charge < -0.3 is 14.2 Å². The van der Waals surface area contributed by atoms with Gasteiger partial charge in [-0.3, -0.25) is 4.90 Å². The number of rotatable bonds is 10. The number of esters is 1. The van der Waals surface area contributed by atoms with E-state index in [0.29, 0.717) is 38.7 Å². The molecule has 1 aromatic heterocycles. The van der Waals surface area contributed by atoms with Crippen molar-refractivity contribution in [1.29, 1.82) is 0 Å². The minimum atomic E-state index is -0.343. The molecule has 0 amide bonds. The first-order valence-electron chi connectivity index (χ1n) is 13.3. The third-order valence-electron chi connectivity index (χ3n) is 6.76. The average molecular weight is 638 g/mol. The lowest BCUT2D eigenvalue weighted by Crippen LogP contribution is -2.29. The molecule has 212 valence electrons. The fourth-order valence-corrected chi connectivity index (χ4v) is 6.57. The average Bonchev–Trinajstić information content (AvgIpc) is 3.34. The zero-order chi connectivity index (χ0) is 28.8. The molecule has 0 unspecified atom stereocenters. The van der Waals surface area contributed by atoms with Gasteiger partial charge in [-0.2, -0.15) is 0 Å². The van der Waals surface area contributed by atoms with Crippen LogP contribution in [0.15, 0.2) is 76.2 Å². The molecule has 0 saturated carbocycles. The van der Waals surface area contributed by atoms with Gasteiger partial charge >= 0.3 is 5.97 Å². The lowest BCUT2D eigenvalue weighted by molar-refractivity contribution is 0.0526. The minimum absolute atomic E-state index is 0.0556. The number of hydrogen-bond donors (Lipinski definition) is 0. The normalized spacial score (nSPS) is 13.3. The predicted octanol–water partition coefficient (Wildman–Crippen LogP) is 7.72. The molecule has 4 aromatic rings. The predicted molar refractivity (Wildman–Crippen MR) is 163 cm³/mol. The van der Waals surface area contributed by atoms with Gasteiger partial charge in [0.25, 0.3) is 0 Å². The van der Waals surface area contributed by atoms with Crippen molar-refractivity contribution in [1.82, 2.24) is 4.90 Å². The number of carbonyl (C=O) groups excluding carboxylic acids is 1. The van der Waals surface area contributed by atoms with Crippen LogP contribution in [0.25, 0.3) is 0 Å². The second-order valence-electron chi connectivity index (χ2n) is 9.52. The highest BCUT2D eigenvalue weighted by atomic mass is 79.9. The Bertz CT molecular complexity index is 1560. The van der Waals surface area contributed by atoms with E-state index in [-0.39, 0.29) is 18.4 Å². The van der Waals surface area contributed by atoms with Crippen molar-refractivity contribution < 1.29 is 23.4 Å². The van der Waals surface area contributed by atoms with Gasteiger partial charge in [-0.25, -0.2) is 14.2 Å². The van der Waals surface area contributed by atoms with Gasteiger partial charge in [-0.05, 0) is 64.2 Å². The van der Waals surface area contributed by atoms with E-state index >= 15 is 0 Å². The van der Waals surface area contributed by atoms with Crippen molar-refractivity contribution in [2.45, 2.75) is 33.0 Å². The van der Waals surface area contributed by atoms with Crippen LogP contribution in [-0.2, 0) is 30.9 Å². The summed E-state index contributed by atoms with van der Waals surface area (Å²) < 4.78 is 31.6. The number of hydrogen-bond acceptors (Lipinski definition) is 7. The topological polar surface area (TPSA) is 60.4 Å². The van der Waals surface area contributed by atoms with E-state index in [1.54, 1.807) is 44.5 Å². The van der Waals surface area contributed by atoms with E-state index in [0.717, 1.165) is 42.1 Å². The summed E-state index contributed by atoms with van der Waals surface area (Å²) in [5, 5.41) is 0.630. The molecule has 3 aromatic carbocycles. The molecule has 2 heterocycles. The Hall–Kier alpha value is -3.53. The van der Waals surface area contributed by atoms with Crippen LogP contribution < -0.4 is 9.47 Å². The third kappa shape index (κ3) is 6.86. The molecule has 0 radical (unpaired) electrons. The first-order valence-corrected chi connectivity index (χ1v) is 14.9. The van der Waals surface area contributed by atoms with E-state index in [4.69, 9.17) is 19.2 Å². The number of halogens is 2. The minimum Gasteiger partial charge on any atom is -0.493 e. The summed E-state index contributed by atoms with van der Waals surface area (Å²) in [6, 6.07) is 20.5. The maximum atomic E-state index is 14.1. The van der Waals surface area contributed by atoms with Crippen LogP contribution in [0.3, 0.4) is 0 Å². The van der Waals surface area contributed by atoms with Crippen molar-refractivity contribution >= 4 is 44.5 Å². The molecular weight excluding hydrogens is 607 g/mol. The largest absolute Gasteiger partial charge is 0.493 e. The summed E-state index contributed by atoms with van der Waals surface area (Å²) in [5.41, 5.74) is 4.04. The Labute approximate surface area is 251 Å². The molecule has 1 aliphatic heterocycles. The van der Waals surface area contributed by atoms with E-state index in [2.05, 4.69) is 45.1 Å². The molecule has 0 N–H and O–H groups in total. The maximum Gasteiger partial charge on any atom is 0.341 e. The number of carbonyl (C=O) groups is 1. The highest BCUT2D eigenvalue weighted by molar-refractivity contribution is 9.10. The molecule has 6 nitrogen and oxygen atoms in total. The van der Waals surface area contributed by atoms with Crippen molar-refractivity contribution in [2.75, 3.05) is 20.3 Å². The lowest BCUT2D eigenvalue weighted by atomic mass is 10.0. The van der Waals surface area contributed by atoms with E-state index in [1.165, 1.54) is 23.0 Å². The highest BCUT2D eigenvalue weighted by Crippen LogP contribution is 2.41. The molecule has 0 spiro atoms. The molecule has 0 saturated heterocycles. The van der Waals surface area contributed by atoms with Gasteiger partial charge in [0.05, 0.1) is 23.8 Å². The fraction of sp³-hybridized carbons (Fsp3) is 0.250. The molecule has 0 bridgehead atoms. The second-order valence-corrected chi connectivity index (χ2v) is 11.5. The number of aliphatic imine (C=N–C) groups is 1. The Kier molecular flexibility index (Phi) is 9.49. The number of benzene rings is 3. The number of methoxy groups -OCH3 is 1. The van der Waals surface area contributed by atoms with Crippen LogP contribution in [-0.4, -0.2) is 37.3 Å². The van der Waals surface area contributed by atoms with Crippen molar-refractivity contribution in [2.24, 2.45) is 4.99 Å². The first kappa shape index (κ1) is 29.0. The molecule has 9 heteroatoms. The molecule has 1 aliphatic rings. The smallest absolute Gasteiger partial charge is 0.341 e. The molecule has 0 fully saturated rings. The quantitative estimate of drug-likeness (QED) is 0.132. The summed E-state index contributed by atoms with van der Waals surface area (Å²) in [5.74, 6) is 0.268. The van der Waals surface area contributed by atoms with E-state index in [1.807, 2.05) is 12.1 Å². The second kappa shape index (κ2) is 13.4. The molecular formula is C32H30BrFN2O4S. The summed E-state index contributed by atoms with van der Waals surface area (Å²) in [6.45, 7) is 4.62. The van der Waals surface area contributed by atoms with Crippen LogP contribution >= 0.6 is 27.3 Å². The zero-order valence-electron chi connectivity index (χ0n) is 22.9. The zero-order valence-corrected chi connectivity index (χ0v) is 25.3. The highest BCUT2D eigenvalue weighted by Gasteiger charge is 2.28. The van der Waals surface area contributed by atoms with Crippen molar-refractivity contribution in [3.8, 4) is 11.5 Å². The fourth-order valence-electron chi connectivity index (χ4n) is 4.78.